The fraction of sp³-hybridized carbons (Fsp3) is 0.154. The van der Waals surface area contributed by atoms with E-state index in [1.807, 2.05) is 13.0 Å². The Hall–Kier alpha value is -2.43. The van der Waals surface area contributed by atoms with E-state index in [0.29, 0.717) is 17.1 Å². The normalized spacial score (nSPS) is 10.1. The van der Waals surface area contributed by atoms with Crippen LogP contribution in [-0.4, -0.2) is 15.9 Å². The quantitative estimate of drug-likeness (QED) is 0.656. The maximum absolute atomic E-state index is 11.9. The van der Waals surface area contributed by atoms with Crippen LogP contribution in [0.25, 0.3) is 0 Å². The van der Waals surface area contributed by atoms with Gasteiger partial charge in [-0.1, -0.05) is 12.1 Å². The molecule has 0 amide bonds. The Balaban J connectivity index is 2.09. The van der Waals surface area contributed by atoms with Gasteiger partial charge in [-0.05, 0) is 24.6 Å². The monoisotopic (exact) mass is 243 g/mol. The number of esters is 1. The number of benzene rings is 1. The molecular formula is C13H13N3O2. The molecule has 0 bridgehead atoms. The van der Waals surface area contributed by atoms with Crippen LogP contribution in [0.4, 0.5) is 5.69 Å². The summed E-state index contributed by atoms with van der Waals surface area (Å²) in [7, 11) is 0. The van der Waals surface area contributed by atoms with Gasteiger partial charge < -0.3 is 10.5 Å². The van der Waals surface area contributed by atoms with Crippen molar-refractivity contribution in [2.75, 3.05) is 5.73 Å². The van der Waals surface area contributed by atoms with Crippen molar-refractivity contribution in [1.82, 2.24) is 9.97 Å². The maximum Gasteiger partial charge on any atom is 0.340 e. The van der Waals surface area contributed by atoms with Crippen molar-refractivity contribution in [1.29, 1.82) is 0 Å². The molecule has 0 aliphatic carbocycles. The predicted octanol–water partition coefficient (Wildman–Crippen LogP) is 1.72. The molecule has 18 heavy (non-hydrogen) atoms. The summed E-state index contributed by atoms with van der Waals surface area (Å²) >= 11 is 0. The number of carbonyl (C=O) groups excluding carboxylic acids is 1. The van der Waals surface area contributed by atoms with Crippen molar-refractivity contribution < 1.29 is 9.53 Å². The fourth-order valence-electron chi connectivity index (χ4n) is 1.58. The Morgan fingerprint density at radius 3 is 2.67 bits per heavy atom. The lowest BCUT2D eigenvalue weighted by molar-refractivity contribution is 0.0462. The molecule has 0 spiro atoms. The van der Waals surface area contributed by atoms with E-state index in [1.165, 1.54) is 0 Å². The third-order valence-corrected chi connectivity index (χ3v) is 2.46. The van der Waals surface area contributed by atoms with Crippen molar-refractivity contribution in [3.8, 4) is 0 Å². The Bertz CT molecular complexity index is 535. The molecule has 5 heteroatoms. The molecule has 0 saturated carbocycles. The predicted molar refractivity (Wildman–Crippen MR) is 66.7 cm³/mol. The van der Waals surface area contributed by atoms with E-state index in [0.717, 1.165) is 5.56 Å². The minimum atomic E-state index is -0.460. The molecule has 5 nitrogen and oxygen atoms in total. The number of nitrogens with zero attached hydrogens (tertiary/aromatic N) is 2. The Labute approximate surface area is 105 Å². The van der Waals surface area contributed by atoms with Crippen LogP contribution in [0.5, 0.6) is 0 Å². The minimum absolute atomic E-state index is 0.0352. The zero-order valence-corrected chi connectivity index (χ0v) is 9.96. The van der Waals surface area contributed by atoms with Gasteiger partial charge in [-0.15, -0.1) is 0 Å². The second-order valence-electron chi connectivity index (χ2n) is 3.78. The van der Waals surface area contributed by atoms with Gasteiger partial charge in [0.1, 0.15) is 0 Å². The highest BCUT2D eigenvalue weighted by atomic mass is 16.5. The smallest absolute Gasteiger partial charge is 0.340 e. The third kappa shape index (κ3) is 2.63. The summed E-state index contributed by atoms with van der Waals surface area (Å²) < 4.78 is 5.13. The SMILES string of the molecule is Cc1cccc(N)c1C(=O)OCc1ncccn1. The first-order chi connectivity index (χ1) is 8.68. The fourth-order valence-corrected chi connectivity index (χ4v) is 1.58. The highest BCUT2D eigenvalue weighted by Gasteiger charge is 2.14. The lowest BCUT2D eigenvalue weighted by Crippen LogP contribution is -2.11. The number of ether oxygens (including phenoxy) is 1. The molecule has 0 radical (unpaired) electrons. The molecule has 0 aliphatic heterocycles. The summed E-state index contributed by atoms with van der Waals surface area (Å²) in [5, 5.41) is 0. The topological polar surface area (TPSA) is 78.1 Å². The van der Waals surface area contributed by atoms with Gasteiger partial charge in [-0.25, -0.2) is 14.8 Å². The molecular weight excluding hydrogens is 230 g/mol. The standard InChI is InChI=1S/C13H13N3O2/c1-9-4-2-5-10(14)12(9)13(17)18-8-11-15-6-3-7-16-11/h2-7H,8,14H2,1H3. The summed E-state index contributed by atoms with van der Waals surface area (Å²) in [4.78, 5) is 19.8. The van der Waals surface area contributed by atoms with Crippen molar-refractivity contribution in [2.24, 2.45) is 0 Å². The number of hydrogen-bond acceptors (Lipinski definition) is 5. The first kappa shape index (κ1) is 12.0. The summed E-state index contributed by atoms with van der Waals surface area (Å²) in [5.74, 6) is -0.00365. The zero-order chi connectivity index (χ0) is 13.0. The van der Waals surface area contributed by atoms with Gasteiger partial charge in [-0.2, -0.15) is 0 Å². The van der Waals surface area contributed by atoms with Gasteiger partial charge in [-0.3, -0.25) is 0 Å². The van der Waals surface area contributed by atoms with Gasteiger partial charge in [0.15, 0.2) is 12.4 Å². The lowest BCUT2D eigenvalue weighted by atomic mass is 10.1. The number of aryl methyl sites for hydroxylation is 1. The van der Waals surface area contributed by atoms with Gasteiger partial charge in [0, 0.05) is 18.1 Å². The summed E-state index contributed by atoms with van der Waals surface area (Å²) in [6.07, 6.45) is 3.19. The lowest BCUT2D eigenvalue weighted by Gasteiger charge is -2.08. The van der Waals surface area contributed by atoms with Crippen LogP contribution < -0.4 is 5.73 Å². The largest absolute Gasteiger partial charge is 0.454 e. The minimum Gasteiger partial charge on any atom is -0.454 e. The summed E-state index contributed by atoms with van der Waals surface area (Å²) in [6.45, 7) is 1.85. The van der Waals surface area contributed by atoms with Gasteiger partial charge in [0.25, 0.3) is 0 Å². The van der Waals surface area contributed by atoms with E-state index in [-0.39, 0.29) is 6.61 Å². The van der Waals surface area contributed by atoms with Crippen molar-refractivity contribution in [3.05, 3.63) is 53.6 Å². The van der Waals surface area contributed by atoms with E-state index in [2.05, 4.69) is 9.97 Å². The maximum atomic E-state index is 11.9. The number of nitrogen functional groups attached to an aromatic ring is 1. The van der Waals surface area contributed by atoms with E-state index in [4.69, 9.17) is 10.5 Å². The van der Waals surface area contributed by atoms with Crippen LogP contribution in [-0.2, 0) is 11.3 Å². The Morgan fingerprint density at radius 1 is 1.28 bits per heavy atom. The van der Waals surface area contributed by atoms with Gasteiger partial charge >= 0.3 is 5.97 Å². The highest BCUT2D eigenvalue weighted by molar-refractivity contribution is 5.96. The zero-order valence-electron chi connectivity index (χ0n) is 9.96. The second kappa shape index (κ2) is 5.27. The molecule has 1 heterocycles. The second-order valence-corrected chi connectivity index (χ2v) is 3.78. The van der Waals surface area contributed by atoms with Crippen molar-refractivity contribution >= 4 is 11.7 Å². The average molecular weight is 243 g/mol. The molecule has 0 atom stereocenters. The molecule has 2 rings (SSSR count). The summed E-state index contributed by atoms with van der Waals surface area (Å²) in [5.41, 5.74) is 7.35. The average Bonchev–Trinajstić information content (AvgIpc) is 2.37. The third-order valence-electron chi connectivity index (χ3n) is 2.46. The van der Waals surface area contributed by atoms with Crippen LogP contribution in [0.15, 0.2) is 36.7 Å². The molecule has 2 aromatic rings. The Morgan fingerprint density at radius 2 is 2.00 bits per heavy atom. The van der Waals surface area contributed by atoms with Crippen LogP contribution in [0, 0.1) is 6.92 Å². The van der Waals surface area contributed by atoms with E-state index in [1.54, 1.807) is 30.6 Å². The van der Waals surface area contributed by atoms with Crippen LogP contribution in [0.1, 0.15) is 21.7 Å². The van der Waals surface area contributed by atoms with Crippen LogP contribution in [0.3, 0.4) is 0 Å². The molecule has 0 aliphatic rings. The summed E-state index contributed by atoms with van der Waals surface area (Å²) in [6, 6.07) is 6.97. The first-order valence-electron chi connectivity index (χ1n) is 5.46. The van der Waals surface area contributed by atoms with Crippen molar-refractivity contribution in [2.45, 2.75) is 13.5 Å². The number of anilines is 1. The van der Waals surface area contributed by atoms with Crippen LogP contribution in [0.2, 0.25) is 0 Å². The molecule has 0 fully saturated rings. The first-order valence-corrected chi connectivity index (χ1v) is 5.46. The number of hydrogen-bond donors (Lipinski definition) is 1. The molecule has 1 aromatic carbocycles. The van der Waals surface area contributed by atoms with E-state index >= 15 is 0 Å². The number of rotatable bonds is 3. The molecule has 0 saturated heterocycles. The van der Waals surface area contributed by atoms with E-state index < -0.39 is 5.97 Å². The molecule has 1 aromatic heterocycles. The van der Waals surface area contributed by atoms with Gasteiger partial charge in [0.05, 0.1) is 5.56 Å². The Kier molecular flexibility index (Phi) is 3.52. The number of carbonyl (C=O) groups is 1. The molecule has 92 valence electrons. The highest BCUT2D eigenvalue weighted by Crippen LogP contribution is 2.17. The van der Waals surface area contributed by atoms with Gasteiger partial charge in [0.2, 0.25) is 0 Å². The van der Waals surface area contributed by atoms with Crippen molar-refractivity contribution in [3.63, 3.8) is 0 Å². The molecule has 2 N–H and O–H groups in total. The number of nitrogens with two attached hydrogens (primary N) is 1. The van der Waals surface area contributed by atoms with E-state index in [9.17, 15) is 4.79 Å². The van der Waals surface area contributed by atoms with Crippen LogP contribution >= 0.6 is 0 Å². The number of aromatic nitrogens is 2. The molecule has 0 unspecified atom stereocenters.